The maximum atomic E-state index is 11.0. The summed E-state index contributed by atoms with van der Waals surface area (Å²) in [5.41, 5.74) is 0.579. The van der Waals surface area contributed by atoms with Gasteiger partial charge < -0.3 is 4.74 Å². The molecule has 0 saturated heterocycles. The minimum atomic E-state index is -0.193. The lowest BCUT2D eigenvalue weighted by Crippen LogP contribution is -2.03. The number of rotatable bonds is 3. The summed E-state index contributed by atoms with van der Waals surface area (Å²) in [6.07, 6.45) is 0. The van der Waals surface area contributed by atoms with E-state index in [1.807, 2.05) is 0 Å². The second kappa shape index (κ2) is 4.44. The average molecular weight is 214 g/mol. The smallest absolute Gasteiger partial charge is 0.250 e. The minimum Gasteiger partial charge on any atom is -0.441 e. The van der Waals surface area contributed by atoms with Crippen LogP contribution in [0.15, 0.2) is 52.3 Å². The van der Waals surface area contributed by atoms with Crippen LogP contribution < -0.4 is 10.3 Å². The van der Waals surface area contributed by atoms with Gasteiger partial charge in [-0.2, -0.15) is 0 Å². The number of aromatic nitrogens is 1. The molecule has 0 radical (unpaired) electrons. The van der Waals surface area contributed by atoms with Gasteiger partial charge >= 0.3 is 0 Å². The van der Waals surface area contributed by atoms with Gasteiger partial charge in [-0.25, -0.2) is 0 Å². The molecule has 0 aliphatic rings. The SMILES string of the molecule is C=Nc1ccc(Oc2cccc(=O)[nH]2)cc1. The van der Waals surface area contributed by atoms with Crippen molar-refractivity contribution in [3.63, 3.8) is 0 Å². The number of hydrogen-bond acceptors (Lipinski definition) is 3. The maximum Gasteiger partial charge on any atom is 0.250 e. The van der Waals surface area contributed by atoms with Crippen LogP contribution in [0.2, 0.25) is 0 Å². The number of nitrogens with zero attached hydrogens (tertiary/aromatic N) is 1. The predicted octanol–water partition coefficient (Wildman–Crippen LogP) is 2.50. The number of aromatic amines is 1. The van der Waals surface area contributed by atoms with Crippen LogP contribution in [0.4, 0.5) is 5.69 Å². The standard InChI is InChI=1S/C12H10N2O2/c1-13-9-5-7-10(8-6-9)16-12-4-2-3-11(15)14-12/h2-8H,1H2,(H,14,15). The molecule has 0 bridgehead atoms. The zero-order valence-electron chi connectivity index (χ0n) is 8.51. The Kier molecular flexibility index (Phi) is 2.82. The van der Waals surface area contributed by atoms with E-state index in [-0.39, 0.29) is 5.56 Å². The van der Waals surface area contributed by atoms with E-state index in [1.54, 1.807) is 36.4 Å². The highest BCUT2D eigenvalue weighted by Gasteiger charge is 1.97. The summed E-state index contributed by atoms with van der Waals surface area (Å²) >= 11 is 0. The van der Waals surface area contributed by atoms with Gasteiger partial charge in [-0.3, -0.25) is 14.8 Å². The Bertz CT molecular complexity index is 543. The fourth-order valence-electron chi connectivity index (χ4n) is 1.23. The molecule has 0 fully saturated rings. The molecule has 0 unspecified atom stereocenters. The second-order valence-electron chi connectivity index (χ2n) is 3.13. The van der Waals surface area contributed by atoms with Crippen LogP contribution in [0.25, 0.3) is 0 Å². The molecular formula is C12H10N2O2. The van der Waals surface area contributed by atoms with E-state index in [1.165, 1.54) is 6.07 Å². The summed E-state index contributed by atoms with van der Waals surface area (Å²) in [5.74, 6) is 1.04. The van der Waals surface area contributed by atoms with Gasteiger partial charge in [0.2, 0.25) is 0 Å². The molecule has 16 heavy (non-hydrogen) atoms. The zero-order valence-corrected chi connectivity index (χ0v) is 8.51. The molecule has 80 valence electrons. The molecule has 2 aromatic rings. The lowest BCUT2D eigenvalue weighted by Gasteiger charge is -2.04. The number of benzene rings is 1. The quantitative estimate of drug-likeness (QED) is 0.798. The van der Waals surface area contributed by atoms with Gasteiger partial charge in [-0.15, -0.1) is 0 Å². The number of nitrogens with one attached hydrogen (secondary N) is 1. The monoisotopic (exact) mass is 214 g/mol. The number of ether oxygens (including phenoxy) is 1. The lowest BCUT2D eigenvalue weighted by atomic mass is 10.3. The maximum absolute atomic E-state index is 11.0. The van der Waals surface area contributed by atoms with Crippen molar-refractivity contribution in [2.24, 2.45) is 4.99 Å². The normalized spacial score (nSPS) is 9.75. The zero-order chi connectivity index (χ0) is 11.4. The summed E-state index contributed by atoms with van der Waals surface area (Å²) in [6, 6.07) is 11.8. The van der Waals surface area contributed by atoms with Crippen molar-refractivity contribution < 1.29 is 4.74 Å². The van der Waals surface area contributed by atoms with Crippen molar-refractivity contribution in [1.82, 2.24) is 4.98 Å². The molecule has 1 aromatic carbocycles. The average Bonchev–Trinajstić information content (AvgIpc) is 2.30. The van der Waals surface area contributed by atoms with Crippen molar-refractivity contribution in [3.05, 3.63) is 52.8 Å². The largest absolute Gasteiger partial charge is 0.441 e. The van der Waals surface area contributed by atoms with Crippen LogP contribution in [0.3, 0.4) is 0 Å². The number of H-pyrrole nitrogens is 1. The summed E-state index contributed by atoms with van der Waals surface area (Å²) in [7, 11) is 0. The highest BCUT2D eigenvalue weighted by atomic mass is 16.5. The first-order valence-corrected chi connectivity index (χ1v) is 4.72. The molecule has 2 rings (SSSR count). The molecule has 4 nitrogen and oxygen atoms in total. The third-order valence-electron chi connectivity index (χ3n) is 1.99. The van der Waals surface area contributed by atoms with E-state index in [0.29, 0.717) is 11.6 Å². The molecule has 4 heteroatoms. The van der Waals surface area contributed by atoms with Crippen LogP contribution in [-0.2, 0) is 0 Å². The van der Waals surface area contributed by atoms with Crippen molar-refractivity contribution in [2.75, 3.05) is 0 Å². The topological polar surface area (TPSA) is 54.4 Å². The Morgan fingerprint density at radius 2 is 1.88 bits per heavy atom. The van der Waals surface area contributed by atoms with E-state index < -0.39 is 0 Å². The minimum absolute atomic E-state index is 0.193. The van der Waals surface area contributed by atoms with E-state index in [9.17, 15) is 4.79 Å². The van der Waals surface area contributed by atoms with Gasteiger partial charge in [-0.05, 0) is 37.0 Å². The van der Waals surface area contributed by atoms with Crippen LogP contribution >= 0.6 is 0 Å². The number of hydrogen-bond donors (Lipinski definition) is 1. The highest BCUT2D eigenvalue weighted by molar-refractivity contribution is 5.47. The molecule has 1 heterocycles. The Labute approximate surface area is 92.2 Å². The van der Waals surface area contributed by atoms with Crippen molar-refractivity contribution in [2.45, 2.75) is 0 Å². The van der Waals surface area contributed by atoms with E-state index in [0.717, 1.165) is 5.69 Å². The van der Waals surface area contributed by atoms with E-state index >= 15 is 0 Å². The summed E-state index contributed by atoms with van der Waals surface area (Å²) in [4.78, 5) is 17.4. The third kappa shape index (κ3) is 2.36. The van der Waals surface area contributed by atoms with Gasteiger partial charge in [0.25, 0.3) is 5.56 Å². The van der Waals surface area contributed by atoms with Crippen molar-refractivity contribution >= 4 is 12.4 Å². The fourth-order valence-corrected chi connectivity index (χ4v) is 1.23. The molecule has 0 saturated carbocycles. The Balaban J connectivity index is 2.20. The molecule has 1 N–H and O–H groups in total. The van der Waals surface area contributed by atoms with Gasteiger partial charge in [0.1, 0.15) is 5.75 Å². The van der Waals surface area contributed by atoms with Gasteiger partial charge in [0.05, 0.1) is 5.69 Å². The Morgan fingerprint density at radius 3 is 2.50 bits per heavy atom. The first kappa shape index (κ1) is 10.2. The lowest BCUT2D eigenvalue weighted by molar-refractivity contribution is 0.461. The summed E-state index contributed by atoms with van der Waals surface area (Å²) in [6.45, 7) is 3.42. The highest BCUT2D eigenvalue weighted by Crippen LogP contribution is 2.21. The molecule has 1 aromatic heterocycles. The molecule has 0 aliphatic heterocycles. The van der Waals surface area contributed by atoms with Crippen LogP contribution in [0.5, 0.6) is 11.6 Å². The second-order valence-corrected chi connectivity index (χ2v) is 3.13. The van der Waals surface area contributed by atoms with E-state index in [4.69, 9.17) is 4.74 Å². The molecular weight excluding hydrogens is 204 g/mol. The Hall–Kier alpha value is -2.36. The third-order valence-corrected chi connectivity index (χ3v) is 1.99. The predicted molar refractivity (Wildman–Crippen MR) is 62.8 cm³/mol. The van der Waals surface area contributed by atoms with E-state index in [2.05, 4.69) is 16.7 Å². The van der Waals surface area contributed by atoms with Gasteiger partial charge in [-0.1, -0.05) is 6.07 Å². The molecule has 0 atom stereocenters. The van der Waals surface area contributed by atoms with Crippen LogP contribution in [0.1, 0.15) is 0 Å². The fraction of sp³-hybridized carbons (Fsp3) is 0. The summed E-state index contributed by atoms with van der Waals surface area (Å²) < 4.78 is 5.44. The molecule has 0 aliphatic carbocycles. The Morgan fingerprint density at radius 1 is 1.12 bits per heavy atom. The van der Waals surface area contributed by atoms with Gasteiger partial charge in [0, 0.05) is 6.07 Å². The van der Waals surface area contributed by atoms with Crippen molar-refractivity contribution in [1.29, 1.82) is 0 Å². The first-order valence-electron chi connectivity index (χ1n) is 4.72. The van der Waals surface area contributed by atoms with Crippen LogP contribution in [-0.4, -0.2) is 11.7 Å². The molecule has 0 amide bonds. The number of pyridine rings is 1. The molecule has 0 spiro atoms. The van der Waals surface area contributed by atoms with Gasteiger partial charge in [0.15, 0.2) is 5.88 Å². The van der Waals surface area contributed by atoms with Crippen molar-refractivity contribution in [3.8, 4) is 11.6 Å². The number of aliphatic imine (C=N–C) groups is 1. The summed E-state index contributed by atoms with van der Waals surface area (Å²) in [5, 5.41) is 0. The van der Waals surface area contributed by atoms with Crippen LogP contribution in [0, 0.1) is 0 Å². The first-order chi connectivity index (χ1) is 7.78.